The van der Waals surface area contributed by atoms with E-state index in [-0.39, 0.29) is 23.4 Å². The molecule has 120 valence electrons. The zero-order valence-corrected chi connectivity index (χ0v) is 13.7. The Morgan fingerprint density at radius 2 is 1.87 bits per heavy atom. The Morgan fingerprint density at radius 3 is 2.43 bits per heavy atom. The largest absolute Gasteiger partial charge is 0.361 e. The number of hydrogen-bond donors (Lipinski definition) is 1. The number of benzene rings is 1. The summed E-state index contributed by atoms with van der Waals surface area (Å²) in [5.41, 5.74) is 0.785. The van der Waals surface area contributed by atoms with E-state index in [0.29, 0.717) is 34.6 Å². The van der Waals surface area contributed by atoms with E-state index in [1.807, 2.05) is 0 Å². The van der Waals surface area contributed by atoms with Crippen LogP contribution >= 0.6 is 23.2 Å². The second-order valence-electron chi connectivity index (χ2n) is 5.38. The van der Waals surface area contributed by atoms with Gasteiger partial charge >= 0.3 is 0 Å². The summed E-state index contributed by atoms with van der Waals surface area (Å²) < 4.78 is 4.88. The van der Waals surface area contributed by atoms with Gasteiger partial charge in [0.15, 0.2) is 5.69 Å². The van der Waals surface area contributed by atoms with E-state index in [9.17, 15) is 9.59 Å². The molecule has 2 amide bonds. The number of aryl methyl sites for hydroxylation is 1. The fourth-order valence-corrected chi connectivity index (χ4v) is 2.84. The van der Waals surface area contributed by atoms with E-state index in [4.69, 9.17) is 27.7 Å². The zero-order valence-electron chi connectivity index (χ0n) is 12.2. The highest BCUT2D eigenvalue weighted by Gasteiger charge is 2.37. The van der Waals surface area contributed by atoms with Gasteiger partial charge in [0.05, 0.1) is 5.92 Å². The number of hydrogen-bond acceptors (Lipinski definition) is 4. The van der Waals surface area contributed by atoms with E-state index in [0.717, 1.165) is 0 Å². The van der Waals surface area contributed by atoms with Crippen molar-refractivity contribution in [1.29, 1.82) is 0 Å². The second kappa shape index (κ2) is 6.22. The number of aromatic nitrogens is 1. The number of likely N-dealkylation sites (tertiary alicyclic amines) is 1. The number of carbonyl (C=O) groups is 2. The molecule has 0 saturated carbocycles. The fraction of sp³-hybridized carbons (Fsp3) is 0.267. The van der Waals surface area contributed by atoms with Crippen LogP contribution in [-0.4, -0.2) is 35.0 Å². The number of halogens is 2. The van der Waals surface area contributed by atoms with E-state index in [1.165, 1.54) is 0 Å². The molecule has 1 fully saturated rings. The lowest BCUT2D eigenvalue weighted by Gasteiger charge is -2.37. The monoisotopic (exact) mass is 353 g/mol. The van der Waals surface area contributed by atoms with Crippen LogP contribution < -0.4 is 5.32 Å². The molecule has 1 aliphatic heterocycles. The molecule has 2 aromatic rings. The van der Waals surface area contributed by atoms with Crippen molar-refractivity contribution in [2.75, 3.05) is 18.4 Å². The predicted molar refractivity (Wildman–Crippen MR) is 85.7 cm³/mol. The number of amides is 2. The van der Waals surface area contributed by atoms with Crippen LogP contribution in [0.4, 0.5) is 5.69 Å². The van der Waals surface area contributed by atoms with Crippen molar-refractivity contribution >= 4 is 40.7 Å². The summed E-state index contributed by atoms with van der Waals surface area (Å²) in [5, 5.41) is 7.32. The number of rotatable bonds is 3. The normalized spacial score (nSPS) is 14.5. The lowest BCUT2D eigenvalue weighted by atomic mass is 9.98. The first-order valence-corrected chi connectivity index (χ1v) is 7.67. The van der Waals surface area contributed by atoms with Gasteiger partial charge in [-0.25, -0.2) is 0 Å². The lowest BCUT2D eigenvalue weighted by Crippen LogP contribution is -2.54. The Labute approximate surface area is 142 Å². The minimum absolute atomic E-state index is 0.177. The van der Waals surface area contributed by atoms with Crippen molar-refractivity contribution in [2.24, 2.45) is 5.92 Å². The highest BCUT2D eigenvalue weighted by Crippen LogP contribution is 2.25. The summed E-state index contributed by atoms with van der Waals surface area (Å²) in [4.78, 5) is 25.8. The standard InChI is InChI=1S/C15H13Cl2N3O3/c1-8-2-13(19-23-8)15(22)20-6-9(7-20)14(21)18-12-4-10(16)3-11(17)5-12/h2-5,9H,6-7H2,1H3,(H,18,21). The topological polar surface area (TPSA) is 75.4 Å². The molecule has 1 N–H and O–H groups in total. The Kier molecular flexibility index (Phi) is 4.28. The third-order valence-electron chi connectivity index (χ3n) is 3.52. The van der Waals surface area contributed by atoms with Crippen molar-refractivity contribution in [3.8, 4) is 0 Å². The first kappa shape index (κ1) is 15.8. The summed E-state index contributed by atoms with van der Waals surface area (Å²) in [5.74, 6) is -0.119. The summed E-state index contributed by atoms with van der Waals surface area (Å²) >= 11 is 11.8. The van der Waals surface area contributed by atoms with Gasteiger partial charge in [-0.2, -0.15) is 0 Å². The van der Waals surface area contributed by atoms with Gasteiger partial charge in [0.25, 0.3) is 5.91 Å². The molecule has 23 heavy (non-hydrogen) atoms. The number of anilines is 1. The smallest absolute Gasteiger partial charge is 0.276 e. The minimum Gasteiger partial charge on any atom is -0.361 e. The molecule has 3 rings (SSSR count). The maximum Gasteiger partial charge on any atom is 0.276 e. The van der Waals surface area contributed by atoms with Gasteiger partial charge in [-0.15, -0.1) is 0 Å². The molecule has 2 heterocycles. The highest BCUT2D eigenvalue weighted by atomic mass is 35.5. The second-order valence-corrected chi connectivity index (χ2v) is 6.25. The summed E-state index contributed by atoms with van der Waals surface area (Å²) in [6, 6.07) is 6.39. The molecule has 0 aliphatic carbocycles. The van der Waals surface area contributed by atoms with Crippen molar-refractivity contribution < 1.29 is 14.1 Å². The molecule has 0 bridgehead atoms. The Hall–Kier alpha value is -2.05. The van der Waals surface area contributed by atoms with Crippen LogP contribution in [0.5, 0.6) is 0 Å². The molecule has 8 heteroatoms. The van der Waals surface area contributed by atoms with E-state index in [2.05, 4.69) is 10.5 Å². The maximum atomic E-state index is 12.2. The third kappa shape index (κ3) is 3.48. The van der Waals surface area contributed by atoms with Gasteiger partial charge < -0.3 is 14.7 Å². The molecule has 1 aromatic carbocycles. The van der Waals surface area contributed by atoms with Gasteiger partial charge in [0.1, 0.15) is 5.76 Å². The number of nitrogens with one attached hydrogen (secondary N) is 1. The van der Waals surface area contributed by atoms with Crippen LogP contribution in [0.15, 0.2) is 28.8 Å². The van der Waals surface area contributed by atoms with E-state index in [1.54, 1.807) is 36.1 Å². The number of carbonyl (C=O) groups excluding carboxylic acids is 2. The molecular weight excluding hydrogens is 341 g/mol. The Bertz CT molecular complexity index is 749. The first-order chi connectivity index (χ1) is 10.9. The van der Waals surface area contributed by atoms with Gasteiger partial charge in [0, 0.05) is 34.9 Å². The van der Waals surface area contributed by atoms with Crippen LogP contribution in [0, 0.1) is 12.8 Å². The van der Waals surface area contributed by atoms with Crippen LogP contribution in [-0.2, 0) is 4.79 Å². The summed E-state index contributed by atoms with van der Waals surface area (Å²) in [6.07, 6.45) is 0. The summed E-state index contributed by atoms with van der Waals surface area (Å²) in [6.45, 7) is 2.39. The Morgan fingerprint density at radius 1 is 1.22 bits per heavy atom. The molecular formula is C15H13Cl2N3O3. The fourth-order valence-electron chi connectivity index (χ4n) is 2.31. The molecule has 6 nitrogen and oxygen atoms in total. The maximum absolute atomic E-state index is 12.2. The lowest BCUT2D eigenvalue weighted by molar-refractivity contribution is -0.123. The average molecular weight is 354 g/mol. The third-order valence-corrected chi connectivity index (χ3v) is 3.95. The van der Waals surface area contributed by atoms with Crippen molar-refractivity contribution in [1.82, 2.24) is 10.1 Å². The minimum atomic E-state index is -0.273. The van der Waals surface area contributed by atoms with Gasteiger partial charge in [-0.3, -0.25) is 9.59 Å². The summed E-state index contributed by atoms with van der Waals surface area (Å²) in [7, 11) is 0. The molecule has 1 aromatic heterocycles. The van der Waals surface area contributed by atoms with Crippen LogP contribution in [0.1, 0.15) is 16.2 Å². The van der Waals surface area contributed by atoms with Gasteiger partial charge in [-0.1, -0.05) is 28.4 Å². The first-order valence-electron chi connectivity index (χ1n) is 6.92. The molecule has 0 atom stereocenters. The van der Waals surface area contributed by atoms with Gasteiger partial charge in [-0.05, 0) is 25.1 Å². The molecule has 0 unspecified atom stereocenters. The number of nitrogens with zero attached hydrogens (tertiary/aromatic N) is 2. The Balaban J connectivity index is 1.56. The zero-order chi connectivity index (χ0) is 16.6. The molecule has 1 aliphatic rings. The molecule has 1 saturated heterocycles. The van der Waals surface area contributed by atoms with Crippen molar-refractivity contribution in [3.05, 3.63) is 45.8 Å². The van der Waals surface area contributed by atoms with Crippen molar-refractivity contribution in [3.63, 3.8) is 0 Å². The quantitative estimate of drug-likeness (QED) is 0.920. The average Bonchev–Trinajstić information content (AvgIpc) is 2.82. The molecule has 0 radical (unpaired) electrons. The van der Waals surface area contributed by atoms with E-state index < -0.39 is 0 Å². The van der Waals surface area contributed by atoms with E-state index >= 15 is 0 Å². The van der Waals surface area contributed by atoms with Crippen LogP contribution in [0.2, 0.25) is 10.0 Å². The molecule has 0 spiro atoms. The van der Waals surface area contributed by atoms with Crippen LogP contribution in [0.3, 0.4) is 0 Å². The highest BCUT2D eigenvalue weighted by molar-refractivity contribution is 6.35. The van der Waals surface area contributed by atoms with Crippen molar-refractivity contribution in [2.45, 2.75) is 6.92 Å². The SMILES string of the molecule is Cc1cc(C(=O)N2CC(C(=O)Nc3cc(Cl)cc(Cl)c3)C2)no1. The van der Waals surface area contributed by atoms with Crippen LogP contribution in [0.25, 0.3) is 0 Å². The van der Waals surface area contributed by atoms with Gasteiger partial charge in [0.2, 0.25) is 5.91 Å². The predicted octanol–water partition coefficient (Wildman–Crippen LogP) is 3.00.